The summed E-state index contributed by atoms with van der Waals surface area (Å²) in [5.74, 6) is -0.390. The van der Waals surface area contributed by atoms with Crippen molar-refractivity contribution in [1.29, 1.82) is 0 Å². The Balaban J connectivity index is 2.67. The molecule has 1 aromatic rings. The lowest BCUT2D eigenvalue weighted by Crippen LogP contribution is -2.30. The van der Waals surface area contributed by atoms with E-state index in [1.807, 2.05) is 6.92 Å². The normalized spacial score (nSPS) is 12.1. The third kappa shape index (κ3) is 4.36. The van der Waals surface area contributed by atoms with E-state index in [0.29, 0.717) is 18.8 Å². The Kier molecular flexibility index (Phi) is 5.35. The van der Waals surface area contributed by atoms with Crippen LogP contribution in [0.15, 0.2) is 12.4 Å². The number of carboxylic acid groups (broad SMARTS) is 1. The van der Waals surface area contributed by atoms with Crippen molar-refractivity contribution in [2.24, 2.45) is 0 Å². The largest absolute Gasteiger partial charge is 0.480 e. The maximum Gasteiger partial charge on any atom is 0.326 e. The summed E-state index contributed by atoms with van der Waals surface area (Å²) < 4.78 is 4.87. The number of rotatable bonds is 7. The number of hydrogen-bond donors (Lipinski definition) is 2. The van der Waals surface area contributed by atoms with E-state index < -0.39 is 12.0 Å². The minimum Gasteiger partial charge on any atom is -0.480 e. The van der Waals surface area contributed by atoms with Crippen molar-refractivity contribution >= 4 is 11.8 Å². The Morgan fingerprint density at radius 2 is 2.35 bits per heavy atom. The smallest absolute Gasteiger partial charge is 0.326 e. The number of carbonyl (C=O) groups is 1. The molecule has 0 aromatic carbocycles. The van der Waals surface area contributed by atoms with Gasteiger partial charge >= 0.3 is 5.97 Å². The molecule has 0 aliphatic carbocycles. The topological polar surface area (TPSA) is 84.3 Å². The van der Waals surface area contributed by atoms with Crippen molar-refractivity contribution in [2.45, 2.75) is 25.8 Å². The van der Waals surface area contributed by atoms with Gasteiger partial charge in [-0.15, -0.1) is 0 Å². The molecule has 0 aliphatic rings. The van der Waals surface area contributed by atoms with Gasteiger partial charge in [0, 0.05) is 31.9 Å². The highest BCUT2D eigenvalue weighted by Crippen LogP contribution is 2.08. The number of methoxy groups -OCH3 is 1. The Morgan fingerprint density at radius 1 is 1.59 bits per heavy atom. The van der Waals surface area contributed by atoms with E-state index in [4.69, 9.17) is 9.84 Å². The molecule has 0 bridgehead atoms. The second kappa shape index (κ2) is 6.80. The summed E-state index contributed by atoms with van der Waals surface area (Å²) in [6, 6.07) is 1.05. The Bertz CT molecular complexity index is 371. The van der Waals surface area contributed by atoms with E-state index in [1.165, 1.54) is 6.33 Å². The molecule has 0 amide bonds. The van der Waals surface area contributed by atoms with Crippen molar-refractivity contribution in [2.75, 3.05) is 19.0 Å². The number of aromatic nitrogens is 2. The van der Waals surface area contributed by atoms with Gasteiger partial charge < -0.3 is 15.2 Å². The third-order valence-corrected chi connectivity index (χ3v) is 2.32. The van der Waals surface area contributed by atoms with Crippen LogP contribution in [0.3, 0.4) is 0 Å². The van der Waals surface area contributed by atoms with Crippen LogP contribution >= 0.6 is 0 Å². The molecular weight excluding hydrogens is 222 g/mol. The average molecular weight is 239 g/mol. The molecule has 1 rings (SSSR count). The molecular formula is C11H17N3O3. The van der Waals surface area contributed by atoms with Gasteiger partial charge in [-0.1, -0.05) is 6.92 Å². The zero-order valence-electron chi connectivity index (χ0n) is 10.0. The molecule has 94 valence electrons. The molecule has 6 nitrogen and oxygen atoms in total. The number of ether oxygens (including phenoxy) is 1. The molecule has 1 heterocycles. The van der Waals surface area contributed by atoms with Gasteiger partial charge in [0.1, 0.15) is 18.2 Å². The number of hydrogen-bond acceptors (Lipinski definition) is 5. The molecule has 0 saturated heterocycles. The molecule has 1 aromatic heterocycles. The predicted molar refractivity (Wildman–Crippen MR) is 62.9 cm³/mol. The van der Waals surface area contributed by atoms with Gasteiger partial charge in [0.05, 0.1) is 0 Å². The zero-order valence-corrected chi connectivity index (χ0v) is 10.0. The minimum atomic E-state index is -0.918. The van der Waals surface area contributed by atoms with Crippen molar-refractivity contribution in [3.8, 4) is 0 Å². The first-order valence-electron chi connectivity index (χ1n) is 5.46. The number of aryl methyl sites for hydroxylation is 1. The number of anilines is 1. The lowest BCUT2D eigenvalue weighted by molar-refractivity contribution is -0.138. The molecule has 0 fully saturated rings. The van der Waals surface area contributed by atoms with Crippen LogP contribution in [0.1, 0.15) is 19.0 Å². The Labute approximate surface area is 100 Å². The maximum absolute atomic E-state index is 11.0. The van der Waals surface area contributed by atoms with Crippen molar-refractivity contribution in [3.63, 3.8) is 0 Å². The highest BCUT2D eigenvalue weighted by Gasteiger charge is 2.17. The Morgan fingerprint density at radius 3 is 2.94 bits per heavy atom. The fourth-order valence-corrected chi connectivity index (χ4v) is 1.34. The minimum absolute atomic E-state index is 0.385. The van der Waals surface area contributed by atoms with Crippen LogP contribution in [0.5, 0.6) is 0 Å². The summed E-state index contributed by atoms with van der Waals surface area (Å²) in [7, 11) is 1.54. The van der Waals surface area contributed by atoms with E-state index in [-0.39, 0.29) is 0 Å². The van der Waals surface area contributed by atoms with Crippen molar-refractivity contribution < 1.29 is 14.6 Å². The summed E-state index contributed by atoms with van der Waals surface area (Å²) in [6.45, 7) is 2.36. The van der Waals surface area contributed by atoms with Crippen LogP contribution in [0.25, 0.3) is 0 Å². The van der Waals surface area contributed by atoms with Gasteiger partial charge in [0.15, 0.2) is 0 Å². The highest BCUT2D eigenvalue weighted by molar-refractivity contribution is 5.76. The van der Waals surface area contributed by atoms with E-state index in [2.05, 4.69) is 15.3 Å². The monoisotopic (exact) mass is 239 g/mol. The lowest BCUT2D eigenvalue weighted by atomic mass is 10.2. The second-order valence-electron chi connectivity index (χ2n) is 3.56. The van der Waals surface area contributed by atoms with Crippen LogP contribution in [-0.2, 0) is 16.0 Å². The van der Waals surface area contributed by atoms with Crippen LogP contribution in [0, 0.1) is 0 Å². The summed E-state index contributed by atoms with van der Waals surface area (Å²) in [5.41, 5.74) is 0.874. The fourth-order valence-electron chi connectivity index (χ4n) is 1.34. The maximum atomic E-state index is 11.0. The number of nitrogens with one attached hydrogen (secondary N) is 1. The summed E-state index contributed by atoms with van der Waals surface area (Å²) >= 11 is 0. The van der Waals surface area contributed by atoms with Crippen LogP contribution in [0.4, 0.5) is 5.82 Å². The van der Waals surface area contributed by atoms with E-state index >= 15 is 0 Å². The number of aliphatic carboxylic acids is 1. The molecule has 1 atom stereocenters. The summed E-state index contributed by atoms with van der Waals surface area (Å²) in [6.07, 6.45) is 2.60. The first kappa shape index (κ1) is 13.4. The molecule has 1 unspecified atom stereocenters. The molecule has 0 radical (unpaired) electrons. The van der Waals surface area contributed by atoms with Crippen LogP contribution in [-0.4, -0.2) is 40.8 Å². The molecule has 0 aliphatic heterocycles. The molecule has 0 spiro atoms. The first-order chi connectivity index (χ1) is 8.17. The van der Waals surface area contributed by atoms with E-state index in [9.17, 15) is 4.79 Å². The summed E-state index contributed by atoms with van der Waals surface area (Å²) in [5, 5.41) is 11.9. The van der Waals surface area contributed by atoms with Gasteiger partial charge in [-0.25, -0.2) is 14.8 Å². The van der Waals surface area contributed by atoms with Gasteiger partial charge in [-0.2, -0.15) is 0 Å². The number of carboxylic acids is 1. The molecule has 6 heteroatoms. The van der Waals surface area contributed by atoms with Gasteiger partial charge in [0.25, 0.3) is 0 Å². The molecule has 0 saturated carbocycles. The third-order valence-electron chi connectivity index (χ3n) is 2.32. The summed E-state index contributed by atoms with van der Waals surface area (Å²) in [4.78, 5) is 19.0. The standard InChI is InChI=1S/C11H17N3O3/c1-3-8-6-10(13-7-12-8)14-9(11(15)16)4-5-17-2/h6-7,9H,3-5H2,1-2H3,(H,15,16)(H,12,13,14). The first-order valence-corrected chi connectivity index (χ1v) is 5.46. The SMILES string of the molecule is CCc1cc(NC(CCOC)C(=O)O)ncn1. The highest BCUT2D eigenvalue weighted by atomic mass is 16.5. The predicted octanol–water partition coefficient (Wildman–Crippen LogP) is 0.941. The van der Waals surface area contributed by atoms with Crippen molar-refractivity contribution in [1.82, 2.24) is 9.97 Å². The molecule has 17 heavy (non-hydrogen) atoms. The second-order valence-corrected chi connectivity index (χ2v) is 3.56. The molecule has 2 N–H and O–H groups in total. The van der Waals surface area contributed by atoms with Gasteiger partial charge in [-0.3, -0.25) is 0 Å². The van der Waals surface area contributed by atoms with Gasteiger partial charge in [-0.05, 0) is 6.42 Å². The van der Waals surface area contributed by atoms with E-state index in [1.54, 1.807) is 13.2 Å². The van der Waals surface area contributed by atoms with E-state index in [0.717, 1.165) is 12.1 Å². The quantitative estimate of drug-likeness (QED) is 0.736. The Hall–Kier alpha value is -1.69. The average Bonchev–Trinajstić information content (AvgIpc) is 2.34. The van der Waals surface area contributed by atoms with Crippen LogP contribution < -0.4 is 5.32 Å². The lowest BCUT2D eigenvalue weighted by Gasteiger charge is -2.14. The van der Waals surface area contributed by atoms with Crippen molar-refractivity contribution in [3.05, 3.63) is 18.1 Å². The number of nitrogens with zero attached hydrogens (tertiary/aromatic N) is 2. The van der Waals surface area contributed by atoms with Crippen LogP contribution in [0.2, 0.25) is 0 Å². The fraction of sp³-hybridized carbons (Fsp3) is 0.545. The zero-order chi connectivity index (χ0) is 12.7. The van der Waals surface area contributed by atoms with Gasteiger partial charge in [0.2, 0.25) is 0 Å².